The van der Waals surface area contributed by atoms with Gasteiger partial charge in [-0.15, -0.1) is 5.10 Å². The molecule has 7 nitrogen and oxygen atoms in total. The number of hydrogen-bond donors (Lipinski definition) is 1. The van der Waals surface area contributed by atoms with Gasteiger partial charge in [0.1, 0.15) is 11.5 Å². The fourth-order valence-electron chi connectivity index (χ4n) is 3.68. The van der Waals surface area contributed by atoms with Crippen molar-refractivity contribution < 1.29 is 9.53 Å². The molecule has 0 aliphatic rings. The third kappa shape index (κ3) is 4.16. The van der Waals surface area contributed by atoms with E-state index in [9.17, 15) is 4.79 Å². The highest BCUT2D eigenvalue weighted by Crippen LogP contribution is 2.25. The molecule has 2 aromatic heterocycles. The van der Waals surface area contributed by atoms with Crippen LogP contribution in [0.4, 0.5) is 0 Å². The molecule has 3 aromatic carbocycles. The molecule has 1 amide bonds. The van der Waals surface area contributed by atoms with Gasteiger partial charge in [-0.1, -0.05) is 53.7 Å². The summed E-state index contributed by atoms with van der Waals surface area (Å²) in [5.41, 5.74) is 2.65. The summed E-state index contributed by atoms with van der Waals surface area (Å²) in [5, 5.41) is 13.3. The predicted molar refractivity (Wildman–Crippen MR) is 126 cm³/mol. The third-order valence-electron chi connectivity index (χ3n) is 5.38. The lowest BCUT2D eigenvalue weighted by atomic mass is 10.1. The van der Waals surface area contributed by atoms with Crippen LogP contribution in [0.5, 0.6) is 11.5 Å². The number of carbonyl (C=O) groups excluding carboxylic acids is 1. The number of fused-ring (bicyclic) bond motifs is 1. The molecule has 1 N–H and O–H groups in total. The van der Waals surface area contributed by atoms with Crippen molar-refractivity contribution in [2.45, 2.75) is 13.5 Å². The first-order valence-electron chi connectivity index (χ1n) is 10.5. The maximum absolute atomic E-state index is 12.9. The molecule has 0 fully saturated rings. The van der Waals surface area contributed by atoms with Crippen molar-refractivity contribution in [3.05, 3.63) is 108 Å². The highest BCUT2D eigenvalue weighted by molar-refractivity contribution is 5.94. The minimum Gasteiger partial charge on any atom is -0.457 e. The van der Waals surface area contributed by atoms with E-state index in [1.54, 1.807) is 17.1 Å². The summed E-state index contributed by atoms with van der Waals surface area (Å²) in [7, 11) is 0. The number of carbonyl (C=O) groups is 1. The fourth-order valence-corrected chi connectivity index (χ4v) is 3.68. The molecular formula is C26H21N5O2. The maximum atomic E-state index is 12.9. The van der Waals surface area contributed by atoms with Gasteiger partial charge in [-0.25, -0.2) is 4.68 Å². The van der Waals surface area contributed by atoms with Gasteiger partial charge in [-0.3, -0.25) is 9.78 Å². The van der Waals surface area contributed by atoms with Crippen LogP contribution in [0.1, 0.15) is 21.7 Å². The van der Waals surface area contributed by atoms with Crippen LogP contribution in [0, 0.1) is 6.92 Å². The van der Waals surface area contributed by atoms with Gasteiger partial charge < -0.3 is 10.1 Å². The van der Waals surface area contributed by atoms with Gasteiger partial charge in [0.25, 0.3) is 5.91 Å². The van der Waals surface area contributed by atoms with Crippen molar-refractivity contribution in [1.29, 1.82) is 0 Å². The molecule has 0 aliphatic heterocycles. The number of nitrogens with zero attached hydrogens (tertiary/aromatic N) is 4. The Bertz CT molecular complexity index is 1420. The van der Waals surface area contributed by atoms with Gasteiger partial charge in [0.15, 0.2) is 5.69 Å². The number of amides is 1. The van der Waals surface area contributed by atoms with Crippen LogP contribution in [0.25, 0.3) is 16.5 Å². The summed E-state index contributed by atoms with van der Waals surface area (Å²) >= 11 is 0. The number of ether oxygens (including phenoxy) is 1. The second-order valence-corrected chi connectivity index (χ2v) is 7.51. The first kappa shape index (κ1) is 20.4. The number of para-hydroxylation sites is 2. The number of nitrogens with one attached hydrogen (secondary N) is 1. The monoisotopic (exact) mass is 435 g/mol. The van der Waals surface area contributed by atoms with Gasteiger partial charge in [0.05, 0.1) is 11.4 Å². The van der Waals surface area contributed by atoms with E-state index >= 15 is 0 Å². The first-order chi connectivity index (χ1) is 16.2. The number of hydrogen-bond acceptors (Lipinski definition) is 5. The molecule has 2 heterocycles. The van der Waals surface area contributed by atoms with E-state index in [1.807, 2.05) is 85.8 Å². The van der Waals surface area contributed by atoms with E-state index in [1.165, 1.54) is 0 Å². The van der Waals surface area contributed by atoms with Crippen LogP contribution in [0.2, 0.25) is 0 Å². The summed E-state index contributed by atoms with van der Waals surface area (Å²) in [6.45, 7) is 2.13. The molecule has 0 saturated heterocycles. The van der Waals surface area contributed by atoms with Gasteiger partial charge >= 0.3 is 0 Å². The zero-order chi connectivity index (χ0) is 22.6. The first-order valence-corrected chi connectivity index (χ1v) is 10.5. The Morgan fingerprint density at radius 3 is 2.67 bits per heavy atom. The molecule has 0 aliphatic carbocycles. The molecule has 0 unspecified atom stereocenters. The van der Waals surface area contributed by atoms with Crippen LogP contribution in [-0.4, -0.2) is 25.9 Å². The second-order valence-electron chi connectivity index (χ2n) is 7.51. The summed E-state index contributed by atoms with van der Waals surface area (Å²) in [6, 6.07) is 25.0. The lowest BCUT2D eigenvalue weighted by molar-refractivity contribution is 0.0945. The van der Waals surface area contributed by atoms with Crippen molar-refractivity contribution in [2.75, 3.05) is 0 Å². The van der Waals surface area contributed by atoms with Crippen LogP contribution >= 0.6 is 0 Å². The van der Waals surface area contributed by atoms with Gasteiger partial charge in [0.2, 0.25) is 0 Å². The smallest absolute Gasteiger partial charge is 0.274 e. The molecular weight excluding hydrogens is 414 g/mol. The average molecular weight is 435 g/mol. The fraction of sp³-hybridized carbons (Fsp3) is 0.0769. The van der Waals surface area contributed by atoms with E-state index in [2.05, 4.69) is 20.6 Å². The highest BCUT2D eigenvalue weighted by Gasteiger charge is 2.18. The minimum absolute atomic E-state index is 0.280. The molecule has 0 atom stereocenters. The SMILES string of the molecule is Cc1c(C(=O)NCc2ccccc2Oc2ccccc2)nnn1-c1cccc2cnccc12. The quantitative estimate of drug-likeness (QED) is 0.412. The molecule has 7 heteroatoms. The molecule has 5 aromatic rings. The van der Waals surface area contributed by atoms with Gasteiger partial charge in [0, 0.05) is 35.3 Å². The Morgan fingerprint density at radius 2 is 1.79 bits per heavy atom. The highest BCUT2D eigenvalue weighted by atomic mass is 16.5. The molecule has 5 rings (SSSR count). The van der Waals surface area contributed by atoms with Gasteiger partial charge in [-0.2, -0.15) is 0 Å². The number of aromatic nitrogens is 4. The number of pyridine rings is 1. The van der Waals surface area contributed by atoms with Crippen molar-refractivity contribution in [1.82, 2.24) is 25.3 Å². The number of benzene rings is 3. The Morgan fingerprint density at radius 1 is 0.970 bits per heavy atom. The van der Waals surface area contributed by atoms with E-state index in [0.29, 0.717) is 18.0 Å². The second kappa shape index (κ2) is 8.92. The van der Waals surface area contributed by atoms with Crippen LogP contribution in [0.15, 0.2) is 91.3 Å². The van der Waals surface area contributed by atoms with Crippen molar-refractivity contribution in [3.63, 3.8) is 0 Å². The molecule has 0 radical (unpaired) electrons. The van der Waals surface area contributed by atoms with Crippen molar-refractivity contribution in [3.8, 4) is 17.2 Å². The van der Waals surface area contributed by atoms with Crippen LogP contribution < -0.4 is 10.1 Å². The summed E-state index contributed by atoms with van der Waals surface area (Å²) < 4.78 is 7.67. The lowest BCUT2D eigenvalue weighted by Crippen LogP contribution is -2.24. The van der Waals surface area contributed by atoms with Crippen molar-refractivity contribution in [2.24, 2.45) is 0 Å². The molecule has 0 saturated carbocycles. The molecule has 33 heavy (non-hydrogen) atoms. The zero-order valence-corrected chi connectivity index (χ0v) is 18.0. The van der Waals surface area contributed by atoms with E-state index < -0.39 is 0 Å². The Kier molecular flexibility index (Phi) is 5.51. The largest absolute Gasteiger partial charge is 0.457 e. The molecule has 0 bridgehead atoms. The lowest BCUT2D eigenvalue weighted by Gasteiger charge is -2.12. The zero-order valence-electron chi connectivity index (χ0n) is 18.0. The Hall–Kier alpha value is -4.52. The van der Waals surface area contributed by atoms with E-state index in [0.717, 1.165) is 27.8 Å². The van der Waals surface area contributed by atoms with Crippen molar-refractivity contribution >= 4 is 16.7 Å². The average Bonchev–Trinajstić information content (AvgIpc) is 3.24. The standard InChI is InChI=1S/C26H21N5O2/c1-18-25(29-30-31(18)23-12-7-9-19-16-27-15-14-22(19)23)26(32)28-17-20-8-5-6-13-24(20)33-21-10-3-2-4-11-21/h2-16H,17H2,1H3,(H,28,32). The van der Waals surface area contributed by atoms with E-state index in [-0.39, 0.29) is 11.6 Å². The number of rotatable bonds is 6. The molecule has 162 valence electrons. The Balaban J connectivity index is 1.36. The normalized spacial score (nSPS) is 10.8. The topological polar surface area (TPSA) is 81.9 Å². The van der Waals surface area contributed by atoms with Gasteiger partial charge in [-0.05, 0) is 37.3 Å². The van der Waals surface area contributed by atoms with Crippen LogP contribution in [-0.2, 0) is 6.54 Å². The maximum Gasteiger partial charge on any atom is 0.274 e. The summed E-state index contributed by atoms with van der Waals surface area (Å²) in [6.07, 6.45) is 3.54. The predicted octanol–water partition coefficient (Wildman–Crippen LogP) is 4.85. The summed E-state index contributed by atoms with van der Waals surface area (Å²) in [4.78, 5) is 17.1. The van der Waals surface area contributed by atoms with Crippen LogP contribution in [0.3, 0.4) is 0 Å². The molecule has 0 spiro atoms. The third-order valence-corrected chi connectivity index (χ3v) is 5.38. The Labute approximate surface area is 190 Å². The van der Waals surface area contributed by atoms with E-state index in [4.69, 9.17) is 4.74 Å². The summed E-state index contributed by atoms with van der Waals surface area (Å²) in [5.74, 6) is 1.13. The minimum atomic E-state index is -0.296.